The van der Waals surface area contributed by atoms with Crippen LogP contribution in [0.15, 0.2) is 12.1 Å². The van der Waals surface area contributed by atoms with Crippen molar-refractivity contribution in [3.8, 4) is 0 Å². The monoisotopic (exact) mass is 226 g/mol. The third-order valence-electron chi connectivity index (χ3n) is 2.75. The average molecular weight is 226 g/mol. The number of hydrogen-bond donors (Lipinski definition) is 2. The fourth-order valence-electron chi connectivity index (χ4n) is 1.55. The summed E-state index contributed by atoms with van der Waals surface area (Å²) in [6.07, 6.45) is 0. The third-order valence-corrected chi connectivity index (χ3v) is 3.75. The second kappa shape index (κ2) is 6.26. The van der Waals surface area contributed by atoms with Crippen LogP contribution in [0.4, 0.5) is 0 Å². The Morgan fingerprint density at radius 2 is 2.13 bits per heavy atom. The molecule has 1 atom stereocenters. The summed E-state index contributed by atoms with van der Waals surface area (Å²) in [5.74, 6) is 1.25. The van der Waals surface area contributed by atoms with Crippen molar-refractivity contribution in [1.29, 1.82) is 0 Å². The molecule has 0 bridgehead atoms. The lowest BCUT2D eigenvalue weighted by Crippen LogP contribution is -2.31. The van der Waals surface area contributed by atoms with Gasteiger partial charge in [0.15, 0.2) is 0 Å². The predicted molar refractivity (Wildman–Crippen MR) is 68.1 cm³/mol. The quantitative estimate of drug-likeness (QED) is 0.781. The molecule has 0 aliphatic rings. The first kappa shape index (κ1) is 12.7. The number of thiophene rings is 1. The van der Waals surface area contributed by atoms with Gasteiger partial charge in [0.25, 0.3) is 0 Å². The van der Waals surface area contributed by atoms with Gasteiger partial charge in [0.05, 0.1) is 0 Å². The fourth-order valence-corrected chi connectivity index (χ4v) is 2.41. The largest absolute Gasteiger partial charge is 0.330 e. The number of hydrogen-bond acceptors (Lipinski definition) is 3. The van der Waals surface area contributed by atoms with E-state index in [9.17, 15) is 0 Å². The molecule has 1 aromatic heterocycles. The van der Waals surface area contributed by atoms with Crippen LogP contribution < -0.4 is 11.1 Å². The molecule has 0 aliphatic carbocycles. The molecule has 1 heterocycles. The summed E-state index contributed by atoms with van der Waals surface area (Å²) >= 11 is 1.86. The van der Waals surface area contributed by atoms with Crippen LogP contribution in [0.5, 0.6) is 0 Å². The van der Waals surface area contributed by atoms with Gasteiger partial charge < -0.3 is 11.1 Å². The van der Waals surface area contributed by atoms with Gasteiger partial charge in [-0.05, 0) is 44.0 Å². The van der Waals surface area contributed by atoms with E-state index in [2.05, 4.69) is 38.2 Å². The van der Waals surface area contributed by atoms with E-state index in [-0.39, 0.29) is 0 Å². The van der Waals surface area contributed by atoms with E-state index in [0.717, 1.165) is 19.6 Å². The Labute approximate surface area is 96.9 Å². The lowest BCUT2D eigenvalue weighted by atomic mass is 9.96. The van der Waals surface area contributed by atoms with Crippen LogP contribution in [0, 0.1) is 18.8 Å². The van der Waals surface area contributed by atoms with Gasteiger partial charge in [-0.2, -0.15) is 0 Å². The van der Waals surface area contributed by atoms with Crippen LogP contribution >= 0.6 is 11.3 Å². The molecule has 0 aliphatic heterocycles. The Morgan fingerprint density at radius 3 is 2.60 bits per heavy atom. The summed E-state index contributed by atoms with van der Waals surface area (Å²) in [6, 6.07) is 4.37. The van der Waals surface area contributed by atoms with Crippen molar-refractivity contribution in [3.63, 3.8) is 0 Å². The Bertz CT molecular complexity index is 281. The Balaban J connectivity index is 2.26. The topological polar surface area (TPSA) is 38.0 Å². The molecule has 0 spiro atoms. The predicted octanol–water partition coefficient (Wildman–Crippen LogP) is 2.38. The zero-order valence-electron chi connectivity index (χ0n) is 9.92. The summed E-state index contributed by atoms with van der Waals surface area (Å²) < 4.78 is 0. The molecule has 0 amide bonds. The summed E-state index contributed by atoms with van der Waals surface area (Å²) in [5.41, 5.74) is 5.72. The van der Waals surface area contributed by atoms with Gasteiger partial charge in [-0.1, -0.05) is 13.8 Å². The summed E-state index contributed by atoms with van der Waals surface area (Å²) in [4.78, 5) is 2.79. The average Bonchev–Trinajstić information content (AvgIpc) is 2.58. The summed E-state index contributed by atoms with van der Waals surface area (Å²) in [5, 5.41) is 3.48. The van der Waals surface area contributed by atoms with Gasteiger partial charge in [-0.25, -0.2) is 0 Å². The van der Waals surface area contributed by atoms with Crippen LogP contribution in [-0.2, 0) is 6.54 Å². The summed E-state index contributed by atoms with van der Waals surface area (Å²) in [7, 11) is 0. The van der Waals surface area contributed by atoms with Gasteiger partial charge in [0, 0.05) is 16.3 Å². The van der Waals surface area contributed by atoms with Gasteiger partial charge in [0.1, 0.15) is 0 Å². The van der Waals surface area contributed by atoms with Crippen molar-refractivity contribution >= 4 is 11.3 Å². The van der Waals surface area contributed by atoms with E-state index in [4.69, 9.17) is 5.73 Å². The first-order valence-electron chi connectivity index (χ1n) is 5.59. The lowest BCUT2D eigenvalue weighted by molar-refractivity contribution is 0.371. The Kier molecular flexibility index (Phi) is 5.29. The van der Waals surface area contributed by atoms with Crippen molar-refractivity contribution in [2.45, 2.75) is 27.3 Å². The van der Waals surface area contributed by atoms with Crippen molar-refractivity contribution in [2.75, 3.05) is 13.1 Å². The molecule has 2 nitrogen and oxygen atoms in total. The van der Waals surface area contributed by atoms with Crippen LogP contribution in [-0.4, -0.2) is 13.1 Å². The van der Waals surface area contributed by atoms with E-state index in [1.807, 2.05) is 11.3 Å². The van der Waals surface area contributed by atoms with Crippen molar-refractivity contribution in [2.24, 2.45) is 17.6 Å². The Morgan fingerprint density at radius 1 is 1.40 bits per heavy atom. The molecule has 0 fully saturated rings. The number of nitrogens with one attached hydrogen (secondary N) is 1. The third kappa shape index (κ3) is 4.33. The molecule has 0 aromatic carbocycles. The van der Waals surface area contributed by atoms with E-state index < -0.39 is 0 Å². The second-order valence-corrected chi connectivity index (χ2v) is 5.76. The zero-order valence-corrected chi connectivity index (χ0v) is 10.7. The maximum atomic E-state index is 5.72. The smallest absolute Gasteiger partial charge is 0.0299 e. The molecular formula is C12H22N2S. The van der Waals surface area contributed by atoms with Gasteiger partial charge in [-0.15, -0.1) is 11.3 Å². The van der Waals surface area contributed by atoms with E-state index in [0.29, 0.717) is 11.8 Å². The highest BCUT2D eigenvalue weighted by molar-refractivity contribution is 7.11. The minimum Gasteiger partial charge on any atom is -0.330 e. The molecule has 0 saturated carbocycles. The molecule has 3 heteroatoms. The summed E-state index contributed by atoms with van der Waals surface area (Å²) in [6.45, 7) is 9.37. The second-order valence-electron chi connectivity index (χ2n) is 4.38. The molecule has 3 N–H and O–H groups in total. The maximum absolute atomic E-state index is 5.72. The number of aryl methyl sites for hydroxylation is 1. The molecule has 1 aromatic rings. The zero-order chi connectivity index (χ0) is 11.3. The standard InChI is InChI=1S/C12H22N2S/c1-9(2)11(6-13)7-14-8-12-5-4-10(3)15-12/h4-5,9,11,14H,6-8,13H2,1-3H3. The molecule has 1 unspecified atom stereocenters. The van der Waals surface area contributed by atoms with E-state index in [1.54, 1.807) is 0 Å². The van der Waals surface area contributed by atoms with E-state index >= 15 is 0 Å². The van der Waals surface area contributed by atoms with Crippen LogP contribution in [0.3, 0.4) is 0 Å². The van der Waals surface area contributed by atoms with Crippen molar-refractivity contribution in [3.05, 3.63) is 21.9 Å². The van der Waals surface area contributed by atoms with Crippen molar-refractivity contribution < 1.29 is 0 Å². The van der Waals surface area contributed by atoms with Gasteiger partial charge in [0.2, 0.25) is 0 Å². The number of nitrogens with two attached hydrogens (primary N) is 1. The highest BCUT2D eigenvalue weighted by atomic mass is 32.1. The molecule has 86 valence electrons. The minimum absolute atomic E-state index is 0.589. The van der Waals surface area contributed by atoms with Crippen LogP contribution in [0.25, 0.3) is 0 Å². The fraction of sp³-hybridized carbons (Fsp3) is 0.667. The SMILES string of the molecule is Cc1ccc(CNCC(CN)C(C)C)s1. The van der Waals surface area contributed by atoms with E-state index in [1.165, 1.54) is 9.75 Å². The van der Waals surface area contributed by atoms with Gasteiger partial charge >= 0.3 is 0 Å². The highest BCUT2D eigenvalue weighted by Crippen LogP contribution is 2.15. The lowest BCUT2D eigenvalue weighted by Gasteiger charge is -2.18. The molecule has 0 radical (unpaired) electrons. The molecular weight excluding hydrogens is 204 g/mol. The Hall–Kier alpha value is -0.380. The van der Waals surface area contributed by atoms with Crippen LogP contribution in [0.1, 0.15) is 23.6 Å². The van der Waals surface area contributed by atoms with Crippen molar-refractivity contribution in [1.82, 2.24) is 5.32 Å². The first-order chi connectivity index (χ1) is 7.13. The highest BCUT2D eigenvalue weighted by Gasteiger charge is 2.10. The molecule has 15 heavy (non-hydrogen) atoms. The first-order valence-corrected chi connectivity index (χ1v) is 6.41. The van der Waals surface area contributed by atoms with Crippen LogP contribution in [0.2, 0.25) is 0 Å². The molecule has 1 rings (SSSR count). The maximum Gasteiger partial charge on any atom is 0.0299 e. The molecule has 0 saturated heterocycles. The minimum atomic E-state index is 0.589. The van der Waals surface area contributed by atoms with Gasteiger partial charge in [-0.3, -0.25) is 0 Å². The normalized spacial score (nSPS) is 13.4. The number of rotatable bonds is 6.